The first kappa shape index (κ1) is 19.9. The van der Waals surface area contributed by atoms with Crippen LogP contribution in [0.25, 0.3) is 16.7 Å². The Hall–Kier alpha value is -2.80. The van der Waals surface area contributed by atoms with Crippen molar-refractivity contribution in [3.8, 4) is 16.9 Å². The molecule has 2 aromatic carbocycles. The van der Waals surface area contributed by atoms with Crippen LogP contribution >= 0.6 is 0 Å². The molecule has 0 amide bonds. The zero-order valence-electron chi connectivity index (χ0n) is 16.7. The van der Waals surface area contributed by atoms with Gasteiger partial charge >= 0.3 is 0 Å². The minimum Gasteiger partial charge on any atom is -0.494 e. The van der Waals surface area contributed by atoms with Crippen molar-refractivity contribution in [2.24, 2.45) is 11.5 Å². The van der Waals surface area contributed by atoms with Crippen LogP contribution in [0.5, 0.6) is 5.75 Å². The maximum Gasteiger partial charge on any atom is 0.157 e. The standard InChI is InChI=1S/C22H28N4O2/c1-13-11-14(5-7-17(13)23)19-16(6-8-18(24)20(19)27-3)15-9-10-21(2,25)22(26,12-15)28-4/h5-12H,23-26H2,1-4H3. The molecule has 2 atom stereocenters. The Morgan fingerprint density at radius 2 is 1.64 bits per heavy atom. The zero-order valence-corrected chi connectivity index (χ0v) is 16.7. The first-order valence-electron chi connectivity index (χ1n) is 9.02. The van der Waals surface area contributed by atoms with Crippen molar-refractivity contribution in [2.75, 3.05) is 25.7 Å². The highest BCUT2D eigenvalue weighted by Gasteiger charge is 2.42. The van der Waals surface area contributed by atoms with Crippen LogP contribution in [0.4, 0.5) is 11.4 Å². The lowest BCUT2D eigenvalue weighted by Gasteiger charge is -2.41. The van der Waals surface area contributed by atoms with E-state index in [4.69, 9.17) is 32.4 Å². The summed E-state index contributed by atoms with van der Waals surface area (Å²) in [7, 11) is 3.15. The van der Waals surface area contributed by atoms with Crippen molar-refractivity contribution in [3.05, 3.63) is 59.7 Å². The molecule has 0 spiro atoms. The topological polar surface area (TPSA) is 123 Å². The Labute approximate surface area is 165 Å². The number of anilines is 2. The van der Waals surface area contributed by atoms with Gasteiger partial charge in [-0.2, -0.15) is 0 Å². The highest BCUT2D eigenvalue weighted by molar-refractivity contribution is 5.93. The van der Waals surface area contributed by atoms with Gasteiger partial charge in [-0.25, -0.2) is 0 Å². The summed E-state index contributed by atoms with van der Waals surface area (Å²) in [5.41, 5.74) is 28.8. The molecule has 0 heterocycles. The lowest BCUT2D eigenvalue weighted by Crippen LogP contribution is -2.64. The predicted octanol–water partition coefficient (Wildman–Crippen LogP) is 2.81. The number of rotatable bonds is 4. The van der Waals surface area contributed by atoms with Crippen molar-refractivity contribution in [3.63, 3.8) is 0 Å². The SMILES string of the molecule is COc1c(N)ccc(C2=CC(N)(OC)C(C)(N)C=C2)c1-c1ccc(N)c(C)c1. The molecular formula is C22H28N4O2. The van der Waals surface area contributed by atoms with Gasteiger partial charge in [-0.05, 0) is 60.4 Å². The largest absolute Gasteiger partial charge is 0.494 e. The summed E-state index contributed by atoms with van der Waals surface area (Å²) in [5.74, 6) is 0.595. The van der Waals surface area contributed by atoms with Crippen LogP contribution < -0.4 is 27.7 Å². The number of allylic oxidation sites excluding steroid dienone is 2. The van der Waals surface area contributed by atoms with Gasteiger partial charge in [-0.3, -0.25) is 5.73 Å². The number of benzene rings is 2. The van der Waals surface area contributed by atoms with Gasteiger partial charge in [-0.15, -0.1) is 0 Å². The molecule has 0 aliphatic heterocycles. The summed E-state index contributed by atoms with van der Waals surface area (Å²) in [6.45, 7) is 3.79. The van der Waals surface area contributed by atoms with Gasteiger partial charge in [-0.1, -0.05) is 24.3 Å². The average Bonchev–Trinajstić information content (AvgIpc) is 2.66. The molecule has 1 aliphatic carbocycles. The van der Waals surface area contributed by atoms with E-state index in [9.17, 15) is 0 Å². The van der Waals surface area contributed by atoms with Gasteiger partial charge in [0.1, 0.15) is 5.75 Å². The molecule has 3 rings (SSSR count). The van der Waals surface area contributed by atoms with Crippen molar-refractivity contribution >= 4 is 16.9 Å². The number of methoxy groups -OCH3 is 2. The van der Waals surface area contributed by atoms with E-state index in [1.807, 2.05) is 62.4 Å². The van der Waals surface area contributed by atoms with Crippen LogP contribution in [0.1, 0.15) is 18.1 Å². The van der Waals surface area contributed by atoms with Crippen LogP contribution in [-0.2, 0) is 4.74 Å². The Morgan fingerprint density at radius 3 is 2.25 bits per heavy atom. The molecule has 0 radical (unpaired) electrons. The van der Waals surface area contributed by atoms with Crippen molar-refractivity contribution in [1.82, 2.24) is 0 Å². The van der Waals surface area contributed by atoms with Gasteiger partial charge in [0, 0.05) is 18.4 Å². The summed E-state index contributed by atoms with van der Waals surface area (Å²) in [6.07, 6.45) is 5.64. The predicted molar refractivity (Wildman–Crippen MR) is 116 cm³/mol. The van der Waals surface area contributed by atoms with Gasteiger partial charge < -0.3 is 26.7 Å². The van der Waals surface area contributed by atoms with Gasteiger partial charge in [0.25, 0.3) is 0 Å². The maximum absolute atomic E-state index is 6.45. The van der Waals surface area contributed by atoms with E-state index in [0.29, 0.717) is 11.4 Å². The van der Waals surface area contributed by atoms with Crippen molar-refractivity contribution in [2.45, 2.75) is 25.1 Å². The molecule has 1 aliphatic rings. The van der Waals surface area contributed by atoms with Gasteiger partial charge in [0.15, 0.2) is 5.72 Å². The maximum atomic E-state index is 6.45. The molecule has 0 saturated carbocycles. The molecule has 2 aromatic rings. The van der Waals surface area contributed by atoms with Crippen LogP contribution in [0.3, 0.4) is 0 Å². The number of hydrogen-bond acceptors (Lipinski definition) is 6. The van der Waals surface area contributed by atoms with Gasteiger partial charge in [0.05, 0.1) is 18.3 Å². The van der Waals surface area contributed by atoms with E-state index in [1.54, 1.807) is 14.2 Å². The zero-order chi connectivity index (χ0) is 20.7. The molecule has 6 nitrogen and oxygen atoms in total. The first-order valence-corrected chi connectivity index (χ1v) is 9.02. The van der Waals surface area contributed by atoms with E-state index in [0.717, 1.165) is 33.5 Å². The molecule has 148 valence electrons. The lowest BCUT2D eigenvalue weighted by atomic mass is 9.80. The quantitative estimate of drug-likeness (QED) is 0.478. The van der Waals surface area contributed by atoms with Crippen LogP contribution in [0.15, 0.2) is 48.6 Å². The third kappa shape index (κ3) is 3.16. The fourth-order valence-electron chi connectivity index (χ4n) is 3.45. The molecule has 6 heteroatoms. The second-order valence-corrected chi connectivity index (χ2v) is 7.39. The minimum absolute atomic E-state index is 0.547. The number of hydrogen-bond donors (Lipinski definition) is 4. The summed E-state index contributed by atoms with van der Waals surface area (Å²) in [6, 6.07) is 9.61. The number of nitrogen functional groups attached to an aromatic ring is 2. The second-order valence-electron chi connectivity index (χ2n) is 7.39. The fraction of sp³-hybridized carbons (Fsp3) is 0.273. The highest BCUT2D eigenvalue weighted by Crippen LogP contribution is 2.43. The summed E-state index contributed by atoms with van der Waals surface area (Å²) in [5, 5.41) is 0. The van der Waals surface area contributed by atoms with E-state index in [2.05, 4.69) is 0 Å². The minimum atomic E-state index is -1.15. The molecule has 8 N–H and O–H groups in total. The van der Waals surface area contributed by atoms with Crippen LogP contribution in [0.2, 0.25) is 0 Å². The first-order chi connectivity index (χ1) is 13.1. The molecule has 28 heavy (non-hydrogen) atoms. The van der Waals surface area contributed by atoms with Crippen LogP contribution in [0, 0.1) is 6.92 Å². The average molecular weight is 380 g/mol. The fourth-order valence-corrected chi connectivity index (χ4v) is 3.45. The van der Waals surface area contributed by atoms with Crippen molar-refractivity contribution in [1.29, 1.82) is 0 Å². The molecule has 0 fully saturated rings. The third-order valence-corrected chi connectivity index (χ3v) is 5.42. The Kier molecular flexibility index (Phi) is 4.97. The summed E-state index contributed by atoms with van der Waals surface area (Å²) in [4.78, 5) is 0. The Bertz CT molecular complexity index is 979. The van der Waals surface area contributed by atoms with Gasteiger partial charge in [0.2, 0.25) is 0 Å². The molecule has 0 aromatic heterocycles. The third-order valence-electron chi connectivity index (χ3n) is 5.42. The summed E-state index contributed by atoms with van der Waals surface area (Å²) >= 11 is 0. The van der Waals surface area contributed by atoms with E-state index in [1.165, 1.54) is 0 Å². The van der Waals surface area contributed by atoms with E-state index >= 15 is 0 Å². The second kappa shape index (κ2) is 6.98. The molecule has 0 saturated heterocycles. The van der Waals surface area contributed by atoms with E-state index < -0.39 is 11.3 Å². The van der Waals surface area contributed by atoms with Crippen molar-refractivity contribution < 1.29 is 9.47 Å². The lowest BCUT2D eigenvalue weighted by molar-refractivity contribution is -0.00525. The Morgan fingerprint density at radius 1 is 0.964 bits per heavy atom. The molecule has 2 unspecified atom stereocenters. The monoisotopic (exact) mass is 380 g/mol. The number of ether oxygens (including phenoxy) is 2. The Balaban J connectivity index is 2.28. The number of aryl methyl sites for hydroxylation is 1. The molecular weight excluding hydrogens is 352 g/mol. The normalized spacial score (nSPS) is 24.1. The smallest absolute Gasteiger partial charge is 0.157 e. The highest BCUT2D eigenvalue weighted by atomic mass is 16.5. The van der Waals surface area contributed by atoms with E-state index in [-0.39, 0.29) is 0 Å². The van der Waals surface area contributed by atoms with Crippen LogP contribution in [-0.4, -0.2) is 25.5 Å². The molecule has 0 bridgehead atoms. The number of nitrogens with two attached hydrogens (primary N) is 4. The summed E-state index contributed by atoms with van der Waals surface area (Å²) < 4.78 is 11.2.